The van der Waals surface area contributed by atoms with Crippen molar-refractivity contribution in [2.24, 2.45) is 0 Å². The summed E-state index contributed by atoms with van der Waals surface area (Å²) in [6.07, 6.45) is 0.190. The zero-order valence-electron chi connectivity index (χ0n) is 9.93. The Hall–Kier alpha value is -1.55. The lowest BCUT2D eigenvalue weighted by atomic mass is 10.1. The minimum Gasteiger partial charge on any atom is -0.480 e. The molecule has 1 N–H and O–H groups in total. The van der Waals surface area contributed by atoms with Crippen LogP contribution in [0.2, 0.25) is 0 Å². The molecule has 0 bridgehead atoms. The van der Waals surface area contributed by atoms with Gasteiger partial charge < -0.3 is 14.7 Å². The van der Waals surface area contributed by atoms with E-state index in [2.05, 4.69) is 0 Å². The van der Waals surface area contributed by atoms with Crippen LogP contribution in [0.15, 0.2) is 24.3 Å². The third-order valence-corrected chi connectivity index (χ3v) is 2.99. The summed E-state index contributed by atoms with van der Waals surface area (Å²) < 4.78 is 5.62. The topological polar surface area (TPSA) is 49.8 Å². The Kier molecular flexibility index (Phi) is 3.64. The Bertz CT molecular complexity index is 380. The van der Waals surface area contributed by atoms with Gasteiger partial charge in [0, 0.05) is 19.5 Å². The van der Waals surface area contributed by atoms with Crippen molar-refractivity contribution in [3.05, 3.63) is 29.8 Å². The Morgan fingerprint density at radius 1 is 1.53 bits per heavy atom. The van der Waals surface area contributed by atoms with Crippen LogP contribution in [0, 0.1) is 0 Å². The highest BCUT2D eigenvalue weighted by molar-refractivity contribution is 5.82. The third-order valence-electron chi connectivity index (χ3n) is 2.99. The van der Waals surface area contributed by atoms with Gasteiger partial charge in [0.1, 0.15) is 5.75 Å². The number of amides is 1. The largest absolute Gasteiger partial charge is 0.480 e. The van der Waals surface area contributed by atoms with Gasteiger partial charge in [0.25, 0.3) is 5.91 Å². The summed E-state index contributed by atoms with van der Waals surface area (Å²) >= 11 is 0. The smallest absolute Gasteiger partial charge is 0.264 e. The van der Waals surface area contributed by atoms with Gasteiger partial charge in [-0.3, -0.25) is 4.79 Å². The van der Waals surface area contributed by atoms with Crippen LogP contribution in [-0.2, 0) is 11.2 Å². The van der Waals surface area contributed by atoms with Gasteiger partial charge >= 0.3 is 0 Å². The van der Waals surface area contributed by atoms with Gasteiger partial charge in [0.05, 0.1) is 6.61 Å². The van der Waals surface area contributed by atoms with Crippen molar-refractivity contribution in [2.75, 3.05) is 19.7 Å². The highest BCUT2D eigenvalue weighted by Crippen LogP contribution is 2.28. The SMILES string of the molecule is CCN(CCO)C(=O)C1Cc2ccccc2O1. The fraction of sp³-hybridized carbons (Fsp3) is 0.462. The van der Waals surface area contributed by atoms with Crippen LogP contribution in [0.3, 0.4) is 0 Å². The summed E-state index contributed by atoms with van der Waals surface area (Å²) in [5, 5.41) is 8.90. The number of carbonyl (C=O) groups is 1. The van der Waals surface area contributed by atoms with Crippen molar-refractivity contribution in [1.82, 2.24) is 4.90 Å². The number of nitrogens with zero attached hydrogens (tertiary/aromatic N) is 1. The summed E-state index contributed by atoms with van der Waals surface area (Å²) in [4.78, 5) is 13.7. The van der Waals surface area contributed by atoms with Crippen LogP contribution >= 0.6 is 0 Å². The van der Waals surface area contributed by atoms with Crippen molar-refractivity contribution in [1.29, 1.82) is 0 Å². The van der Waals surface area contributed by atoms with E-state index in [1.807, 2.05) is 31.2 Å². The standard InChI is InChI=1S/C13H17NO3/c1-2-14(7-8-15)13(16)12-9-10-5-3-4-6-11(10)17-12/h3-6,12,15H,2,7-9H2,1H3. The Balaban J connectivity index is 2.04. The van der Waals surface area contributed by atoms with E-state index in [4.69, 9.17) is 9.84 Å². The summed E-state index contributed by atoms with van der Waals surface area (Å²) in [7, 11) is 0. The average molecular weight is 235 g/mol. The molecule has 1 heterocycles. The van der Waals surface area contributed by atoms with Crippen LogP contribution < -0.4 is 4.74 Å². The number of fused-ring (bicyclic) bond motifs is 1. The molecule has 0 fully saturated rings. The second kappa shape index (κ2) is 5.19. The lowest BCUT2D eigenvalue weighted by Gasteiger charge is -2.22. The molecule has 4 nitrogen and oxygen atoms in total. The molecule has 1 aliphatic heterocycles. The normalized spacial score (nSPS) is 17.4. The highest BCUT2D eigenvalue weighted by Gasteiger charge is 2.31. The van der Waals surface area contributed by atoms with Crippen molar-refractivity contribution >= 4 is 5.91 Å². The number of rotatable bonds is 4. The van der Waals surface area contributed by atoms with Crippen molar-refractivity contribution in [3.63, 3.8) is 0 Å². The average Bonchev–Trinajstić information content (AvgIpc) is 2.78. The molecule has 2 rings (SSSR count). The van der Waals surface area contributed by atoms with E-state index < -0.39 is 6.10 Å². The van der Waals surface area contributed by atoms with Crippen molar-refractivity contribution < 1.29 is 14.6 Å². The zero-order chi connectivity index (χ0) is 12.3. The maximum atomic E-state index is 12.1. The summed E-state index contributed by atoms with van der Waals surface area (Å²) in [5.41, 5.74) is 1.07. The van der Waals surface area contributed by atoms with E-state index in [1.54, 1.807) is 4.90 Å². The Labute approximate surface area is 101 Å². The first-order valence-electron chi connectivity index (χ1n) is 5.90. The number of para-hydroxylation sites is 1. The number of aliphatic hydroxyl groups is 1. The van der Waals surface area contributed by atoms with Gasteiger partial charge in [-0.25, -0.2) is 0 Å². The van der Waals surface area contributed by atoms with E-state index in [0.29, 0.717) is 19.5 Å². The predicted molar refractivity (Wildman–Crippen MR) is 63.9 cm³/mol. The Morgan fingerprint density at radius 3 is 2.94 bits per heavy atom. The van der Waals surface area contributed by atoms with Crippen molar-refractivity contribution in [2.45, 2.75) is 19.4 Å². The van der Waals surface area contributed by atoms with E-state index in [1.165, 1.54) is 0 Å². The molecular weight excluding hydrogens is 218 g/mol. The second-order valence-corrected chi connectivity index (χ2v) is 4.06. The number of ether oxygens (including phenoxy) is 1. The van der Waals surface area contributed by atoms with Crippen molar-refractivity contribution in [3.8, 4) is 5.75 Å². The molecular formula is C13H17NO3. The molecule has 0 aromatic heterocycles. The predicted octanol–water partition coefficient (Wildman–Crippen LogP) is 0.831. The fourth-order valence-corrected chi connectivity index (χ4v) is 2.07. The van der Waals surface area contributed by atoms with Gasteiger partial charge in [-0.2, -0.15) is 0 Å². The minimum absolute atomic E-state index is 0.0146. The molecule has 0 saturated carbocycles. The third kappa shape index (κ3) is 2.42. The molecule has 17 heavy (non-hydrogen) atoms. The molecule has 1 aromatic carbocycles. The van der Waals surface area contributed by atoms with Gasteiger partial charge in [0.2, 0.25) is 0 Å². The number of likely N-dealkylation sites (N-methyl/N-ethyl adjacent to an activating group) is 1. The second-order valence-electron chi connectivity index (χ2n) is 4.06. The molecule has 0 saturated heterocycles. The number of benzene rings is 1. The van der Waals surface area contributed by atoms with E-state index in [0.717, 1.165) is 11.3 Å². The number of hydrogen-bond acceptors (Lipinski definition) is 3. The maximum absolute atomic E-state index is 12.1. The summed E-state index contributed by atoms with van der Waals surface area (Å²) in [5.74, 6) is 0.753. The lowest BCUT2D eigenvalue weighted by molar-refractivity contribution is -0.138. The van der Waals surface area contributed by atoms with Gasteiger partial charge in [-0.05, 0) is 18.6 Å². The highest BCUT2D eigenvalue weighted by atomic mass is 16.5. The number of aliphatic hydroxyl groups excluding tert-OH is 1. The molecule has 0 aliphatic carbocycles. The monoisotopic (exact) mass is 235 g/mol. The van der Waals surface area contributed by atoms with Crippen LogP contribution in [0.5, 0.6) is 5.75 Å². The van der Waals surface area contributed by atoms with Crippen LogP contribution in [0.1, 0.15) is 12.5 Å². The molecule has 1 unspecified atom stereocenters. The van der Waals surface area contributed by atoms with Gasteiger partial charge in [-0.15, -0.1) is 0 Å². The molecule has 0 spiro atoms. The molecule has 92 valence electrons. The molecule has 1 aliphatic rings. The zero-order valence-corrected chi connectivity index (χ0v) is 9.93. The first-order chi connectivity index (χ1) is 8.26. The van der Waals surface area contributed by atoms with Crippen LogP contribution in [0.25, 0.3) is 0 Å². The minimum atomic E-state index is -0.432. The first kappa shape index (κ1) is 11.9. The Morgan fingerprint density at radius 2 is 2.29 bits per heavy atom. The van der Waals surface area contributed by atoms with Crippen LogP contribution in [0.4, 0.5) is 0 Å². The maximum Gasteiger partial charge on any atom is 0.264 e. The van der Waals surface area contributed by atoms with E-state index in [9.17, 15) is 4.79 Å². The van der Waals surface area contributed by atoms with Gasteiger partial charge in [-0.1, -0.05) is 18.2 Å². The van der Waals surface area contributed by atoms with Crippen LogP contribution in [-0.4, -0.2) is 41.7 Å². The number of carbonyl (C=O) groups excluding carboxylic acids is 1. The molecule has 1 atom stereocenters. The molecule has 4 heteroatoms. The first-order valence-corrected chi connectivity index (χ1v) is 5.90. The molecule has 1 amide bonds. The number of hydrogen-bond donors (Lipinski definition) is 1. The fourth-order valence-electron chi connectivity index (χ4n) is 2.07. The van der Waals surface area contributed by atoms with E-state index in [-0.39, 0.29) is 12.5 Å². The summed E-state index contributed by atoms with van der Waals surface area (Å²) in [6.45, 7) is 2.84. The lowest BCUT2D eigenvalue weighted by Crippen LogP contribution is -2.42. The molecule has 0 radical (unpaired) electrons. The quantitative estimate of drug-likeness (QED) is 0.841. The summed E-state index contributed by atoms with van der Waals surface area (Å²) in [6, 6.07) is 7.70. The van der Waals surface area contributed by atoms with Gasteiger partial charge in [0.15, 0.2) is 6.10 Å². The van der Waals surface area contributed by atoms with E-state index >= 15 is 0 Å². The molecule has 1 aromatic rings.